The molecular weight excluding hydrogens is 440 g/mol. The molecule has 154 valence electrons. The van der Waals surface area contributed by atoms with Crippen LogP contribution in [0.1, 0.15) is 6.42 Å². The van der Waals surface area contributed by atoms with Crippen LogP contribution in [0.15, 0.2) is 47.4 Å². The van der Waals surface area contributed by atoms with E-state index in [4.69, 9.17) is 0 Å². The normalized spacial score (nSPS) is 12.8. The smallest absolute Gasteiger partial charge is 0.244 e. The minimum atomic E-state index is -4.25. The quantitative estimate of drug-likeness (QED) is 0.540. The number of thiazole rings is 1. The maximum atomic E-state index is 13.9. The number of nitrogens with zero attached hydrogens (tertiary/aromatic N) is 1. The van der Waals surface area contributed by atoms with Gasteiger partial charge in [0.05, 0.1) is 10.2 Å². The van der Waals surface area contributed by atoms with Crippen LogP contribution in [0.3, 0.4) is 0 Å². The number of hydrogen-bond acceptors (Lipinski definition) is 6. The number of halogens is 2. The number of hydrogen-bond donors (Lipinski definition) is 2. The van der Waals surface area contributed by atoms with Crippen molar-refractivity contribution in [3.05, 3.63) is 54.1 Å². The van der Waals surface area contributed by atoms with Gasteiger partial charge in [0.1, 0.15) is 22.6 Å². The van der Waals surface area contributed by atoms with Crippen molar-refractivity contribution in [2.45, 2.75) is 17.4 Å². The zero-order chi connectivity index (χ0) is 21.0. The summed E-state index contributed by atoms with van der Waals surface area (Å²) in [4.78, 5) is 16.4. The van der Waals surface area contributed by atoms with Crippen LogP contribution in [0.25, 0.3) is 10.2 Å². The van der Waals surface area contributed by atoms with Crippen molar-refractivity contribution in [3.8, 4) is 0 Å². The van der Waals surface area contributed by atoms with Gasteiger partial charge in [0.2, 0.25) is 15.9 Å². The van der Waals surface area contributed by atoms with E-state index in [0.717, 1.165) is 23.5 Å². The number of amides is 1. The first-order valence-electron chi connectivity index (χ1n) is 8.43. The van der Waals surface area contributed by atoms with Crippen LogP contribution in [0.2, 0.25) is 0 Å². The predicted molar refractivity (Wildman–Crippen MR) is 112 cm³/mol. The second-order valence-electron chi connectivity index (χ2n) is 6.01. The predicted octanol–water partition coefficient (Wildman–Crippen LogP) is 3.61. The molecule has 2 aromatic carbocycles. The summed E-state index contributed by atoms with van der Waals surface area (Å²) in [7, 11) is -4.25. The number of sulfonamides is 1. The van der Waals surface area contributed by atoms with Gasteiger partial charge in [0.25, 0.3) is 0 Å². The van der Waals surface area contributed by atoms with E-state index in [2.05, 4.69) is 15.0 Å². The van der Waals surface area contributed by atoms with Gasteiger partial charge in [0, 0.05) is 0 Å². The van der Waals surface area contributed by atoms with Crippen molar-refractivity contribution < 1.29 is 22.0 Å². The molecule has 0 aliphatic heterocycles. The van der Waals surface area contributed by atoms with Gasteiger partial charge < -0.3 is 5.32 Å². The van der Waals surface area contributed by atoms with E-state index in [1.54, 1.807) is 0 Å². The Morgan fingerprint density at radius 1 is 1.24 bits per heavy atom. The fraction of sp³-hybridized carbons (Fsp3) is 0.222. The van der Waals surface area contributed by atoms with Crippen LogP contribution in [0.5, 0.6) is 0 Å². The number of benzene rings is 2. The maximum Gasteiger partial charge on any atom is 0.244 e. The lowest BCUT2D eigenvalue weighted by atomic mass is 10.2. The highest BCUT2D eigenvalue weighted by Crippen LogP contribution is 2.26. The van der Waals surface area contributed by atoms with Crippen molar-refractivity contribution in [3.63, 3.8) is 0 Å². The molecule has 2 N–H and O–H groups in total. The topological polar surface area (TPSA) is 88.2 Å². The number of thioether (sulfide) groups is 1. The molecule has 0 radical (unpaired) electrons. The molecule has 0 bridgehead atoms. The molecular formula is C18H17F2N3O3S3. The van der Waals surface area contributed by atoms with Crippen LogP contribution in [0.4, 0.5) is 13.9 Å². The number of anilines is 1. The lowest BCUT2D eigenvalue weighted by molar-refractivity contribution is -0.117. The summed E-state index contributed by atoms with van der Waals surface area (Å²) in [5, 5.41) is 2.78. The zero-order valence-corrected chi connectivity index (χ0v) is 17.6. The molecule has 0 aliphatic rings. The van der Waals surface area contributed by atoms with Gasteiger partial charge in [0.15, 0.2) is 5.13 Å². The van der Waals surface area contributed by atoms with Crippen molar-refractivity contribution in [1.29, 1.82) is 0 Å². The fourth-order valence-corrected chi connectivity index (χ4v) is 5.21. The average Bonchev–Trinajstić information content (AvgIpc) is 3.06. The second-order valence-corrected chi connectivity index (χ2v) is 9.70. The number of aromatic nitrogens is 1. The molecule has 0 aliphatic carbocycles. The highest BCUT2D eigenvalue weighted by molar-refractivity contribution is 7.98. The lowest BCUT2D eigenvalue weighted by Gasteiger charge is -2.17. The van der Waals surface area contributed by atoms with Gasteiger partial charge in [-0.1, -0.05) is 23.5 Å². The van der Waals surface area contributed by atoms with Crippen molar-refractivity contribution in [2.24, 2.45) is 0 Å². The summed E-state index contributed by atoms with van der Waals surface area (Å²) in [5.74, 6) is -1.45. The molecule has 0 saturated carbocycles. The Morgan fingerprint density at radius 2 is 2.00 bits per heavy atom. The molecule has 1 amide bonds. The Bertz CT molecular complexity index is 1140. The largest absolute Gasteiger partial charge is 0.301 e. The van der Waals surface area contributed by atoms with Crippen LogP contribution in [-0.4, -0.2) is 37.4 Å². The Morgan fingerprint density at radius 3 is 2.72 bits per heavy atom. The van der Waals surface area contributed by atoms with E-state index in [0.29, 0.717) is 16.0 Å². The molecule has 0 fully saturated rings. The van der Waals surface area contributed by atoms with Gasteiger partial charge in [-0.05, 0) is 48.8 Å². The van der Waals surface area contributed by atoms with E-state index < -0.39 is 38.5 Å². The van der Waals surface area contributed by atoms with Crippen LogP contribution >= 0.6 is 23.1 Å². The Hall–Kier alpha value is -2.08. The van der Waals surface area contributed by atoms with Crippen molar-refractivity contribution in [1.82, 2.24) is 9.71 Å². The summed E-state index contributed by atoms with van der Waals surface area (Å²) in [6.07, 6.45) is 2.02. The van der Waals surface area contributed by atoms with Crippen molar-refractivity contribution in [2.75, 3.05) is 17.3 Å². The SMILES string of the molecule is CSCC[C@H](NS(=O)(=O)c1ccccc1F)C(=O)Nc1nc2ccc(F)cc2s1. The zero-order valence-electron chi connectivity index (χ0n) is 15.2. The number of carbonyl (C=O) groups excluding carboxylic acids is 1. The molecule has 1 aromatic heterocycles. The summed E-state index contributed by atoms with van der Waals surface area (Å²) < 4.78 is 55.2. The highest BCUT2D eigenvalue weighted by atomic mass is 32.2. The van der Waals surface area contributed by atoms with Crippen LogP contribution in [-0.2, 0) is 14.8 Å². The lowest BCUT2D eigenvalue weighted by Crippen LogP contribution is -2.44. The molecule has 3 aromatic rings. The van der Waals surface area contributed by atoms with E-state index in [1.165, 1.54) is 42.1 Å². The third-order valence-electron chi connectivity index (χ3n) is 3.93. The van der Waals surface area contributed by atoms with Gasteiger partial charge in [-0.25, -0.2) is 22.2 Å². The standard InChI is InChI=1S/C18H17F2N3O3S3/c1-27-9-8-14(23-29(25,26)16-5-3-2-4-12(16)20)17(24)22-18-21-13-7-6-11(19)10-15(13)28-18/h2-7,10,14,23H,8-9H2,1H3,(H,21,22,24)/t14-/m0/s1. The van der Waals surface area contributed by atoms with Gasteiger partial charge in [-0.3, -0.25) is 4.79 Å². The number of rotatable bonds is 8. The molecule has 11 heteroatoms. The first kappa shape index (κ1) is 21.6. The third kappa shape index (κ3) is 5.30. The molecule has 1 heterocycles. The van der Waals surface area contributed by atoms with Gasteiger partial charge >= 0.3 is 0 Å². The minimum absolute atomic E-state index is 0.195. The molecule has 0 spiro atoms. The number of carbonyl (C=O) groups is 1. The molecule has 3 rings (SSSR count). The second kappa shape index (κ2) is 9.16. The van der Waals surface area contributed by atoms with Gasteiger partial charge in [-0.2, -0.15) is 16.5 Å². The van der Waals surface area contributed by atoms with E-state index in [-0.39, 0.29) is 11.6 Å². The summed E-state index contributed by atoms with van der Waals surface area (Å²) in [5.41, 5.74) is 0.513. The number of nitrogens with one attached hydrogen (secondary N) is 2. The van der Waals surface area contributed by atoms with E-state index in [1.807, 2.05) is 6.26 Å². The van der Waals surface area contributed by atoms with Crippen LogP contribution < -0.4 is 10.0 Å². The van der Waals surface area contributed by atoms with Crippen molar-refractivity contribution >= 4 is 54.4 Å². The first-order chi connectivity index (χ1) is 13.8. The maximum absolute atomic E-state index is 13.9. The number of fused-ring (bicyclic) bond motifs is 1. The Labute approximate surface area is 174 Å². The highest BCUT2D eigenvalue weighted by Gasteiger charge is 2.28. The van der Waals surface area contributed by atoms with Gasteiger partial charge in [-0.15, -0.1) is 0 Å². The molecule has 6 nitrogen and oxygen atoms in total. The molecule has 0 unspecified atom stereocenters. The summed E-state index contributed by atoms with van der Waals surface area (Å²) >= 11 is 2.51. The summed E-state index contributed by atoms with van der Waals surface area (Å²) in [6.45, 7) is 0. The Balaban J connectivity index is 1.81. The first-order valence-corrected chi connectivity index (χ1v) is 12.1. The molecule has 0 saturated heterocycles. The molecule has 1 atom stereocenters. The minimum Gasteiger partial charge on any atom is -0.301 e. The monoisotopic (exact) mass is 457 g/mol. The fourth-order valence-electron chi connectivity index (χ4n) is 2.54. The summed E-state index contributed by atoms with van der Waals surface area (Å²) in [6, 6.07) is 7.86. The average molecular weight is 458 g/mol. The third-order valence-corrected chi connectivity index (χ3v) is 7.01. The van der Waals surface area contributed by atoms with E-state index >= 15 is 0 Å². The Kier molecular flexibility index (Phi) is 6.83. The van der Waals surface area contributed by atoms with E-state index in [9.17, 15) is 22.0 Å². The van der Waals surface area contributed by atoms with Crippen LogP contribution in [0, 0.1) is 11.6 Å². The molecule has 29 heavy (non-hydrogen) atoms.